The van der Waals surface area contributed by atoms with Crippen molar-refractivity contribution >= 4 is 5.97 Å². The lowest BCUT2D eigenvalue weighted by molar-refractivity contribution is 0.0690. The van der Waals surface area contributed by atoms with Crippen LogP contribution in [0.15, 0.2) is 42.6 Å². The molecule has 0 fully saturated rings. The van der Waals surface area contributed by atoms with E-state index in [1.54, 1.807) is 6.07 Å². The van der Waals surface area contributed by atoms with Crippen molar-refractivity contribution < 1.29 is 14.6 Å². The number of carboxylic acid groups (broad SMARTS) is 1. The van der Waals surface area contributed by atoms with Crippen molar-refractivity contribution in [2.45, 2.75) is 32.6 Å². The molecule has 2 aromatic rings. The maximum Gasteiger partial charge on any atom is 0.354 e. The average molecular weight is 285 g/mol. The first-order chi connectivity index (χ1) is 9.92. The lowest BCUT2D eigenvalue weighted by Gasteiger charge is -2.23. The first-order valence-corrected chi connectivity index (χ1v) is 6.90. The van der Waals surface area contributed by atoms with Crippen LogP contribution in [0.25, 0.3) is 0 Å². The van der Waals surface area contributed by atoms with Crippen LogP contribution in [0.4, 0.5) is 0 Å². The highest BCUT2D eigenvalue weighted by Gasteiger charge is 2.17. The number of aromatic nitrogens is 1. The van der Waals surface area contributed by atoms with Gasteiger partial charge in [0, 0.05) is 12.3 Å². The third-order valence-electron chi connectivity index (χ3n) is 3.71. The van der Waals surface area contributed by atoms with Gasteiger partial charge in [0.05, 0.1) is 0 Å². The summed E-state index contributed by atoms with van der Waals surface area (Å²) >= 11 is 0. The summed E-state index contributed by atoms with van der Waals surface area (Å²) in [6.45, 7) is 6.56. The summed E-state index contributed by atoms with van der Waals surface area (Å²) in [5, 5.41) is 8.91. The Kier molecular flexibility index (Phi) is 4.26. The smallest absolute Gasteiger partial charge is 0.354 e. The van der Waals surface area contributed by atoms with E-state index in [1.807, 2.05) is 24.3 Å². The van der Waals surface area contributed by atoms with Crippen LogP contribution in [-0.2, 0) is 5.41 Å². The monoisotopic (exact) mass is 285 g/mol. The maximum absolute atomic E-state index is 10.9. The van der Waals surface area contributed by atoms with E-state index in [4.69, 9.17) is 9.84 Å². The summed E-state index contributed by atoms with van der Waals surface area (Å²) < 4.78 is 5.67. The number of benzene rings is 1. The number of carbonyl (C=O) groups is 1. The maximum atomic E-state index is 10.9. The molecule has 4 nitrogen and oxygen atoms in total. The molecule has 0 aliphatic heterocycles. The first kappa shape index (κ1) is 15.0. The SMILES string of the molecule is CCC(C)(C)c1ccc(Oc2ccnc(C(=O)O)c2)cc1. The number of nitrogens with zero attached hydrogens (tertiary/aromatic N) is 1. The molecule has 0 atom stereocenters. The highest BCUT2D eigenvalue weighted by Crippen LogP contribution is 2.29. The molecular weight excluding hydrogens is 266 g/mol. The number of ether oxygens (including phenoxy) is 1. The quantitative estimate of drug-likeness (QED) is 0.891. The lowest BCUT2D eigenvalue weighted by Crippen LogP contribution is -2.14. The summed E-state index contributed by atoms with van der Waals surface area (Å²) in [7, 11) is 0. The molecule has 0 saturated carbocycles. The molecule has 1 N–H and O–H groups in total. The van der Waals surface area contributed by atoms with Crippen molar-refractivity contribution in [3.8, 4) is 11.5 Å². The van der Waals surface area contributed by atoms with Crippen molar-refractivity contribution in [2.24, 2.45) is 0 Å². The minimum Gasteiger partial charge on any atom is -0.477 e. The minimum atomic E-state index is -1.07. The van der Waals surface area contributed by atoms with Gasteiger partial charge in [0.15, 0.2) is 5.69 Å². The number of carboxylic acids is 1. The van der Waals surface area contributed by atoms with Crippen molar-refractivity contribution in [3.63, 3.8) is 0 Å². The van der Waals surface area contributed by atoms with Crippen LogP contribution in [-0.4, -0.2) is 16.1 Å². The zero-order valence-corrected chi connectivity index (χ0v) is 12.5. The normalized spacial score (nSPS) is 11.2. The Balaban J connectivity index is 2.17. The van der Waals surface area contributed by atoms with E-state index in [0.717, 1.165) is 6.42 Å². The summed E-state index contributed by atoms with van der Waals surface area (Å²) in [6.07, 6.45) is 2.48. The molecule has 0 radical (unpaired) electrons. The van der Waals surface area contributed by atoms with Gasteiger partial charge >= 0.3 is 5.97 Å². The van der Waals surface area contributed by atoms with Crippen molar-refractivity contribution in [1.29, 1.82) is 0 Å². The molecular formula is C17H19NO3. The Labute approximate surface area is 124 Å². The predicted octanol–water partition coefficient (Wildman–Crippen LogP) is 4.26. The third-order valence-corrected chi connectivity index (χ3v) is 3.71. The first-order valence-electron chi connectivity index (χ1n) is 6.90. The zero-order valence-electron chi connectivity index (χ0n) is 12.5. The second-order valence-electron chi connectivity index (χ2n) is 5.55. The van der Waals surface area contributed by atoms with Gasteiger partial charge in [-0.2, -0.15) is 0 Å². The van der Waals surface area contributed by atoms with Gasteiger partial charge in [0.2, 0.25) is 0 Å². The Bertz CT molecular complexity index is 633. The van der Waals surface area contributed by atoms with Gasteiger partial charge in [-0.05, 0) is 35.6 Å². The molecule has 0 spiro atoms. The van der Waals surface area contributed by atoms with Crippen molar-refractivity contribution in [2.75, 3.05) is 0 Å². The largest absolute Gasteiger partial charge is 0.477 e. The highest BCUT2D eigenvalue weighted by molar-refractivity contribution is 5.85. The number of aromatic carboxylic acids is 1. The Morgan fingerprint density at radius 3 is 2.43 bits per heavy atom. The van der Waals surface area contributed by atoms with E-state index >= 15 is 0 Å². The van der Waals surface area contributed by atoms with E-state index in [0.29, 0.717) is 11.5 Å². The van der Waals surface area contributed by atoms with E-state index in [9.17, 15) is 4.79 Å². The minimum absolute atomic E-state index is 0.0313. The lowest BCUT2D eigenvalue weighted by atomic mass is 9.82. The van der Waals surface area contributed by atoms with Gasteiger partial charge in [-0.3, -0.25) is 0 Å². The Morgan fingerprint density at radius 1 is 1.19 bits per heavy atom. The zero-order chi connectivity index (χ0) is 15.5. The highest BCUT2D eigenvalue weighted by atomic mass is 16.5. The number of hydrogen-bond donors (Lipinski definition) is 1. The number of rotatable bonds is 5. The van der Waals surface area contributed by atoms with Crippen molar-refractivity contribution in [3.05, 3.63) is 53.9 Å². The van der Waals surface area contributed by atoms with Crippen LogP contribution >= 0.6 is 0 Å². The second kappa shape index (κ2) is 5.95. The van der Waals surface area contributed by atoms with Gasteiger partial charge in [0.25, 0.3) is 0 Å². The topological polar surface area (TPSA) is 59.4 Å². The standard InChI is InChI=1S/C17H19NO3/c1-4-17(2,3)12-5-7-13(8-6-12)21-14-9-10-18-15(11-14)16(19)20/h5-11H,4H2,1-3H3,(H,19,20). The van der Waals surface area contributed by atoms with Crippen molar-refractivity contribution in [1.82, 2.24) is 4.98 Å². The van der Waals surface area contributed by atoms with Gasteiger partial charge < -0.3 is 9.84 Å². The molecule has 110 valence electrons. The predicted molar refractivity (Wildman–Crippen MR) is 81.0 cm³/mol. The van der Waals surface area contributed by atoms with E-state index in [1.165, 1.54) is 17.8 Å². The van der Waals surface area contributed by atoms with Gasteiger partial charge in [-0.25, -0.2) is 9.78 Å². The number of hydrogen-bond acceptors (Lipinski definition) is 3. The molecule has 0 aliphatic rings. The van der Waals surface area contributed by atoms with Crippen LogP contribution in [0.3, 0.4) is 0 Å². The van der Waals surface area contributed by atoms with E-state index in [2.05, 4.69) is 25.8 Å². The molecule has 1 aromatic carbocycles. The fourth-order valence-electron chi connectivity index (χ4n) is 1.91. The van der Waals surface area contributed by atoms with Gasteiger partial charge in [0.1, 0.15) is 11.5 Å². The summed E-state index contributed by atoms with van der Waals surface area (Å²) in [6, 6.07) is 10.9. The molecule has 1 aromatic heterocycles. The molecule has 2 rings (SSSR count). The summed E-state index contributed by atoms with van der Waals surface area (Å²) in [5.74, 6) is 0.0681. The fourth-order valence-corrected chi connectivity index (χ4v) is 1.91. The molecule has 0 amide bonds. The van der Waals surface area contributed by atoms with E-state index in [-0.39, 0.29) is 11.1 Å². The summed E-state index contributed by atoms with van der Waals surface area (Å²) in [4.78, 5) is 14.6. The molecule has 1 heterocycles. The molecule has 0 bridgehead atoms. The summed E-state index contributed by atoms with van der Waals surface area (Å²) in [5.41, 5.74) is 1.35. The van der Waals surface area contributed by atoms with Crippen LogP contribution < -0.4 is 4.74 Å². The van der Waals surface area contributed by atoms with Crippen LogP contribution in [0.2, 0.25) is 0 Å². The van der Waals surface area contributed by atoms with Crippen LogP contribution in [0, 0.1) is 0 Å². The van der Waals surface area contributed by atoms with Gasteiger partial charge in [-0.1, -0.05) is 32.9 Å². The molecule has 0 aliphatic carbocycles. The third kappa shape index (κ3) is 3.60. The Hall–Kier alpha value is -2.36. The van der Waals surface area contributed by atoms with E-state index < -0.39 is 5.97 Å². The molecule has 0 saturated heterocycles. The van der Waals surface area contributed by atoms with Gasteiger partial charge in [-0.15, -0.1) is 0 Å². The second-order valence-corrected chi connectivity index (χ2v) is 5.55. The Morgan fingerprint density at radius 2 is 1.86 bits per heavy atom. The molecule has 21 heavy (non-hydrogen) atoms. The molecule has 4 heteroatoms. The van der Waals surface area contributed by atoms with Crippen LogP contribution in [0.5, 0.6) is 11.5 Å². The fraction of sp³-hybridized carbons (Fsp3) is 0.294. The average Bonchev–Trinajstić information content (AvgIpc) is 2.48. The number of pyridine rings is 1. The van der Waals surface area contributed by atoms with Crippen LogP contribution in [0.1, 0.15) is 43.2 Å². The molecule has 0 unspecified atom stereocenters.